The number of aromatic nitrogens is 3. The maximum atomic E-state index is 12.2. The van der Waals surface area contributed by atoms with Crippen LogP contribution in [0.5, 0.6) is 0 Å². The van der Waals surface area contributed by atoms with Crippen molar-refractivity contribution in [2.75, 3.05) is 52.3 Å². The van der Waals surface area contributed by atoms with Gasteiger partial charge in [-0.1, -0.05) is 59.1 Å². The molecule has 0 atom stereocenters. The zero-order chi connectivity index (χ0) is 51.8. The quantitative estimate of drug-likeness (QED) is 0.0448. The number of benzene rings is 4. The minimum absolute atomic E-state index is 0.286. The summed E-state index contributed by atoms with van der Waals surface area (Å²) in [6.45, 7) is 4.82. The first-order valence-electron chi connectivity index (χ1n) is 24.0. The fourth-order valence-corrected chi connectivity index (χ4v) is 8.60. The van der Waals surface area contributed by atoms with E-state index in [0.29, 0.717) is 43.8 Å². The standard InChI is InChI=1S/C23H22ClN3O.C13H12BClN2O3.C9H11BrN2.C5H3BrClN.C4H9N/c24-19-8-10-20(11-9-19)25-23(28)26-21-5-3-4-18(16-21)17-12-14-27(15-13-17)22-6-1-2-7-22;15-10-4-6-11(7-5-10)16-13(18)17-12-3-1-2-9(8-12)14(19)20;10-8-3-4-9(11-7-8)12-5-1-2-6-12;6-4-1-2-5(7)8-3-4;1-2-4-5-3-1/h3-5,8-16,22H,1-2,6-7H2,(H-,25,26,28);1-8,19-20H,(H2,16,17,18);3-4,7H,1-2,5-6H2;1-3H;5H,1-4H2/p+1. The number of nitrogens with one attached hydrogen (secondary N) is 5. The second kappa shape index (κ2) is 30.6. The van der Waals surface area contributed by atoms with E-state index in [9.17, 15) is 9.59 Å². The molecule has 10 rings (SSSR count). The number of pyridine rings is 3. The highest BCUT2D eigenvalue weighted by atomic mass is 79.9. The average molecular weight is 1170 g/mol. The van der Waals surface area contributed by atoms with Crippen LogP contribution in [0.15, 0.2) is 167 Å². The van der Waals surface area contributed by atoms with Crippen molar-refractivity contribution in [1.82, 2.24) is 15.3 Å². The number of urea groups is 2. The number of hydrogen-bond acceptors (Lipinski definition) is 8. The van der Waals surface area contributed by atoms with Gasteiger partial charge in [0.25, 0.3) is 0 Å². The Hall–Kier alpha value is -5.56. The lowest BCUT2D eigenvalue weighted by Gasteiger charge is -2.15. The van der Waals surface area contributed by atoms with Crippen LogP contribution < -0.4 is 41.5 Å². The lowest BCUT2D eigenvalue weighted by Crippen LogP contribution is -2.36. The molecule has 3 aromatic heterocycles. The molecule has 2 saturated heterocycles. The molecule has 1 aliphatic carbocycles. The van der Waals surface area contributed by atoms with Crippen molar-refractivity contribution in [3.63, 3.8) is 0 Å². The Morgan fingerprint density at radius 1 is 0.589 bits per heavy atom. The smallest absolute Gasteiger partial charge is 0.423 e. The molecule has 0 radical (unpaired) electrons. The minimum Gasteiger partial charge on any atom is -0.423 e. The van der Waals surface area contributed by atoms with Gasteiger partial charge in [0.2, 0.25) is 0 Å². The van der Waals surface area contributed by atoms with Gasteiger partial charge in [0, 0.05) is 92.2 Å². The van der Waals surface area contributed by atoms with Crippen LogP contribution in [0.25, 0.3) is 11.1 Å². The topological polar surface area (TPSA) is 168 Å². The van der Waals surface area contributed by atoms with Gasteiger partial charge in [-0.3, -0.25) is 0 Å². The summed E-state index contributed by atoms with van der Waals surface area (Å²) in [5.74, 6) is 1.11. The summed E-state index contributed by atoms with van der Waals surface area (Å²) in [6, 6.07) is 39.7. The fourth-order valence-electron chi connectivity index (χ4n) is 7.77. The number of halogens is 5. The number of hydrogen-bond donors (Lipinski definition) is 7. The molecule has 73 heavy (non-hydrogen) atoms. The minimum atomic E-state index is -1.57. The van der Waals surface area contributed by atoms with E-state index < -0.39 is 13.1 Å². The summed E-state index contributed by atoms with van der Waals surface area (Å²) in [4.78, 5) is 34.5. The maximum absolute atomic E-state index is 12.2. The molecule has 5 heterocycles. The van der Waals surface area contributed by atoms with Gasteiger partial charge in [0.05, 0.1) is 0 Å². The van der Waals surface area contributed by atoms with Crippen LogP contribution in [-0.4, -0.2) is 65.4 Å². The predicted molar refractivity (Wildman–Crippen MR) is 306 cm³/mol. The zero-order valence-corrected chi connectivity index (χ0v) is 45.5. The summed E-state index contributed by atoms with van der Waals surface area (Å²) in [6.07, 6.45) is 18.4. The third-order valence-electron chi connectivity index (χ3n) is 11.5. The van der Waals surface area contributed by atoms with E-state index in [0.717, 1.165) is 44.7 Å². The highest BCUT2D eigenvalue weighted by molar-refractivity contribution is 9.10. The molecule has 2 aliphatic heterocycles. The van der Waals surface area contributed by atoms with Gasteiger partial charge in [-0.2, -0.15) is 0 Å². The number of nitrogens with zero attached hydrogens (tertiary/aromatic N) is 4. The van der Waals surface area contributed by atoms with Crippen molar-refractivity contribution < 1.29 is 24.2 Å². The first-order chi connectivity index (χ1) is 35.4. The molecule has 13 nitrogen and oxygen atoms in total. The summed E-state index contributed by atoms with van der Waals surface area (Å²) >= 11 is 23.7. The van der Waals surface area contributed by atoms with Crippen molar-refractivity contribution >= 4 is 120 Å². The van der Waals surface area contributed by atoms with Gasteiger partial charge < -0.3 is 41.5 Å². The van der Waals surface area contributed by atoms with E-state index in [-0.39, 0.29) is 6.03 Å². The van der Waals surface area contributed by atoms with Crippen molar-refractivity contribution in [3.8, 4) is 11.1 Å². The predicted octanol–water partition coefficient (Wildman–Crippen LogP) is 13.0. The summed E-state index contributed by atoms with van der Waals surface area (Å²) in [7, 11) is -1.57. The van der Waals surface area contributed by atoms with Gasteiger partial charge in [0.15, 0.2) is 18.4 Å². The molecule has 3 aliphatic rings. The van der Waals surface area contributed by atoms with Crippen LogP contribution in [0.1, 0.15) is 57.4 Å². The average Bonchev–Trinajstić information content (AvgIpc) is 4.25. The lowest BCUT2D eigenvalue weighted by molar-refractivity contribution is -0.721. The molecule has 4 aromatic carbocycles. The molecule has 0 spiro atoms. The number of rotatable bonds is 8. The van der Waals surface area contributed by atoms with E-state index in [1.54, 1.807) is 79.0 Å². The van der Waals surface area contributed by atoms with Crippen LogP contribution in [0.3, 0.4) is 0 Å². The number of anilines is 5. The Labute approximate surface area is 459 Å². The second-order valence-electron chi connectivity index (χ2n) is 17.0. The number of carbonyl (C=O) groups is 2. The fraction of sp³-hybridized carbons (Fsp3) is 0.241. The third kappa shape index (κ3) is 20.7. The summed E-state index contributed by atoms with van der Waals surface area (Å²) < 4.78 is 4.31. The van der Waals surface area contributed by atoms with E-state index in [1.807, 2.05) is 36.5 Å². The van der Waals surface area contributed by atoms with Gasteiger partial charge in [-0.25, -0.2) is 24.1 Å². The van der Waals surface area contributed by atoms with Crippen LogP contribution >= 0.6 is 66.7 Å². The Balaban J connectivity index is 0.000000167. The molecule has 7 aromatic rings. The van der Waals surface area contributed by atoms with Crippen molar-refractivity contribution in [3.05, 3.63) is 182 Å². The number of amides is 4. The third-order valence-corrected chi connectivity index (χ3v) is 13.2. The molecule has 0 bridgehead atoms. The second-order valence-corrected chi connectivity index (χ2v) is 20.1. The van der Waals surface area contributed by atoms with E-state index in [2.05, 4.69) is 115 Å². The molecule has 1 saturated carbocycles. The number of carbonyl (C=O) groups excluding carboxylic acids is 2. The Bertz CT molecular complexity index is 2730. The van der Waals surface area contributed by atoms with Crippen molar-refractivity contribution in [2.24, 2.45) is 0 Å². The summed E-state index contributed by atoms with van der Waals surface area (Å²) in [5.41, 5.74) is 5.01. The molecular weight excluding hydrogens is 1120 g/mol. The monoisotopic (exact) mass is 1170 g/mol. The largest absolute Gasteiger partial charge is 0.488 e. The highest BCUT2D eigenvalue weighted by Gasteiger charge is 2.23. The van der Waals surface area contributed by atoms with E-state index in [1.165, 1.54) is 70.5 Å². The summed E-state index contributed by atoms with van der Waals surface area (Å²) in [5, 5.41) is 34.0. The molecule has 4 amide bonds. The molecule has 380 valence electrons. The molecular formula is C54H58BBr2Cl3N9O4+. The Kier molecular flexibility index (Phi) is 23.8. The first kappa shape index (κ1) is 56.7. The molecule has 7 N–H and O–H groups in total. The van der Waals surface area contributed by atoms with Crippen LogP contribution in [0, 0.1) is 0 Å². The van der Waals surface area contributed by atoms with Crippen molar-refractivity contribution in [2.45, 2.75) is 57.4 Å². The van der Waals surface area contributed by atoms with Crippen LogP contribution in [-0.2, 0) is 0 Å². The zero-order valence-electron chi connectivity index (χ0n) is 40.0. The van der Waals surface area contributed by atoms with Gasteiger partial charge >= 0.3 is 19.2 Å². The Morgan fingerprint density at radius 2 is 1.11 bits per heavy atom. The van der Waals surface area contributed by atoms with E-state index in [4.69, 9.17) is 44.9 Å². The van der Waals surface area contributed by atoms with Gasteiger partial charge in [-0.05, 0) is 197 Å². The van der Waals surface area contributed by atoms with Crippen LogP contribution in [0.4, 0.5) is 38.2 Å². The lowest BCUT2D eigenvalue weighted by atomic mass is 9.80. The SMILES string of the molecule is Brc1ccc(N2CCCC2)nc1.C1CCNC1.Clc1ccc(Br)cn1.O=C(Nc1ccc(Cl)cc1)Nc1cccc(-c2cc[n+](C3CCCC3)cc2)c1.O=C(Nc1ccc(Cl)cc1)Nc1cccc(B(O)O)c1. The first-order valence-corrected chi connectivity index (χ1v) is 26.7. The van der Waals surface area contributed by atoms with Gasteiger partial charge in [-0.15, -0.1) is 0 Å². The Morgan fingerprint density at radius 3 is 1.59 bits per heavy atom. The maximum Gasteiger partial charge on any atom is 0.488 e. The molecule has 0 unspecified atom stereocenters. The molecule has 19 heteroatoms. The van der Waals surface area contributed by atoms with E-state index >= 15 is 0 Å². The highest BCUT2D eigenvalue weighted by Crippen LogP contribution is 2.27. The normalized spacial score (nSPS) is 13.5. The van der Waals surface area contributed by atoms with Gasteiger partial charge in [0.1, 0.15) is 11.0 Å². The van der Waals surface area contributed by atoms with Crippen LogP contribution in [0.2, 0.25) is 15.2 Å². The van der Waals surface area contributed by atoms with Crippen molar-refractivity contribution in [1.29, 1.82) is 0 Å². The molecule has 3 fully saturated rings.